The van der Waals surface area contributed by atoms with Gasteiger partial charge in [0.25, 0.3) is 0 Å². The molecule has 1 atom stereocenters. The summed E-state index contributed by atoms with van der Waals surface area (Å²) in [6.07, 6.45) is 1.48. The van der Waals surface area contributed by atoms with Crippen LogP contribution in [-0.4, -0.2) is 17.1 Å². The summed E-state index contributed by atoms with van der Waals surface area (Å²) < 4.78 is 5.76. The molecule has 0 bridgehead atoms. The molecule has 4 nitrogen and oxygen atoms in total. The molecule has 0 spiro atoms. The quantitative estimate of drug-likeness (QED) is 0.721. The summed E-state index contributed by atoms with van der Waals surface area (Å²) in [6, 6.07) is 16.8. The fraction of sp³-hybridized carbons (Fsp3) is 0.381. The first-order valence-corrected chi connectivity index (χ1v) is 8.61. The lowest BCUT2D eigenvalue weighted by molar-refractivity contribution is -0.139. The highest BCUT2D eigenvalue weighted by Crippen LogP contribution is 2.23. The van der Waals surface area contributed by atoms with E-state index in [0.29, 0.717) is 13.0 Å². The minimum atomic E-state index is -0.798. The van der Waals surface area contributed by atoms with Gasteiger partial charge in [-0.15, -0.1) is 0 Å². The highest BCUT2D eigenvalue weighted by molar-refractivity contribution is 5.73. The Kier molecular flexibility index (Phi) is 6.59. The predicted octanol–water partition coefficient (Wildman–Crippen LogP) is 4.85. The summed E-state index contributed by atoms with van der Waals surface area (Å²) in [6.45, 7) is 6.89. The van der Waals surface area contributed by atoms with Crippen molar-refractivity contribution in [3.8, 4) is 11.5 Å². The van der Waals surface area contributed by atoms with Gasteiger partial charge < -0.3 is 15.2 Å². The molecular weight excluding hydrogens is 314 g/mol. The van der Waals surface area contributed by atoms with Crippen LogP contribution < -0.4 is 10.1 Å². The smallest absolute Gasteiger partial charge is 0.320 e. The minimum Gasteiger partial charge on any atom is -0.480 e. The van der Waals surface area contributed by atoms with Crippen LogP contribution in [0.15, 0.2) is 54.6 Å². The molecule has 1 unspecified atom stereocenters. The van der Waals surface area contributed by atoms with Crippen LogP contribution in [0.5, 0.6) is 11.5 Å². The Morgan fingerprint density at radius 1 is 1.04 bits per heavy atom. The van der Waals surface area contributed by atoms with Gasteiger partial charge in [-0.2, -0.15) is 0 Å². The number of aliphatic carboxylic acids is 1. The highest BCUT2D eigenvalue weighted by atomic mass is 16.5. The van der Waals surface area contributed by atoms with E-state index in [1.807, 2.05) is 54.6 Å². The summed E-state index contributed by atoms with van der Waals surface area (Å²) in [5.41, 5.74) is 1.16. The van der Waals surface area contributed by atoms with Crippen LogP contribution in [-0.2, 0) is 11.3 Å². The molecule has 0 aliphatic rings. The summed E-state index contributed by atoms with van der Waals surface area (Å²) >= 11 is 0. The molecule has 2 rings (SSSR count). The molecular formula is C21H27NO3. The molecule has 2 aromatic carbocycles. The first-order chi connectivity index (χ1) is 11.8. The summed E-state index contributed by atoms with van der Waals surface area (Å²) in [5, 5.41) is 12.5. The van der Waals surface area contributed by atoms with E-state index in [0.717, 1.165) is 23.5 Å². The Morgan fingerprint density at radius 3 is 2.20 bits per heavy atom. The van der Waals surface area contributed by atoms with Crippen molar-refractivity contribution >= 4 is 5.97 Å². The van der Waals surface area contributed by atoms with Gasteiger partial charge in [-0.05, 0) is 48.1 Å². The second-order valence-corrected chi connectivity index (χ2v) is 7.43. The van der Waals surface area contributed by atoms with Crippen molar-refractivity contribution in [2.45, 2.75) is 46.2 Å². The molecule has 2 aromatic rings. The van der Waals surface area contributed by atoms with Crippen molar-refractivity contribution in [3.05, 3.63) is 60.2 Å². The largest absolute Gasteiger partial charge is 0.480 e. The maximum atomic E-state index is 11.4. The molecule has 0 radical (unpaired) electrons. The molecule has 25 heavy (non-hydrogen) atoms. The number of carbonyl (C=O) groups is 1. The third kappa shape index (κ3) is 6.98. The SMILES string of the molecule is CC(C)(C)CCC(NCc1ccc(Oc2ccccc2)cc1)C(=O)O. The lowest BCUT2D eigenvalue weighted by Crippen LogP contribution is -2.36. The van der Waals surface area contributed by atoms with E-state index >= 15 is 0 Å². The number of carboxylic acid groups (broad SMARTS) is 1. The Morgan fingerprint density at radius 2 is 1.64 bits per heavy atom. The molecule has 0 fully saturated rings. The number of rotatable bonds is 8. The summed E-state index contributed by atoms with van der Waals surface area (Å²) in [7, 11) is 0. The molecule has 0 saturated heterocycles. The first-order valence-electron chi connectivity index (χ1n) is 8.61. The number of para-hydroxylation sites is 1. The monoisotopic (exact) mass is 341 g/mol. The second-order valence-electron chi connectivity index (χ2n) is 7.43. The van der Waals surface area contributed by atoms with E-state index in [4.69, 9.17) is 4.74 Å². The summed E-state index contributed by atoms with van der Waals surface area (Å²) in [5.74, 6) is 0.757. The standard InChI is InChI=1S/C21H27NO3/c1-21(2,3)14-13-19(20(23)24)22-15-16-9-11-18(12-10-16)25-17-7-5-4-6-8-17/h4-12,19,22H,13-15H2,1-3H3,(H,23,24). The van der Waals surface area contributed by atoms with E-state index < -0.39 is 12.0 Å². The van der Waals surface area contributed by atoms with Crippen LogP contribution in [0.2, 0.25) is 0 Å². The number of carboxylic acids is 1. The Bertz CT molecular complexity index is 660. The maximum Gasteiger partial charge on any atom is 0.320 e. The molecule has 134 valence electrons. The molecule has 2 N–H and O–H groups in total. The Balaban J connectivity index is 1.88. The molecule has 4 heteroatoms. The lowest BCUT2D eigenvalue weighted by Gasteiger charge is -2.21. The Labute approximate surface area is 149 Å². The Hall–Kier alpha value is -2.33. The van der Waals surface area contributed by atoms with Crippen LogP contribution in [0.1, 0.15) is 39.2 Å². The number of hydrogen-bond donors (Lipinski definition) is 2. The average Bonchev–Trinajstić information content (AvgIpc) is 2.56. The molecule has 0 aromatic heterocycles. The third-order valence-corrected chi connectivity index (χ3v) is 3.94. The molecule has 0 amide bonds. The van der Waals surface area contributed by atoms with Crippen LogP contribution in [0.25, 0.3) is 0 Å². The van der Waals surface area contributed by atoms with E-state index in [9.17, 15) is 9.90 Å². The van der Waals surface area contributed by atoms with Gasteiger partial charge in [-0.25, -0.2) is 0 Å². The topological polar surface area (TPSA) is 58.6 Å². The zero-order valence-corrected chi connectivity index (χ0v) is 15.2. The van der Waals surface area contributed by atoms with Gasteiger partial charge in [0.1, 0.15) is 17.5 Å². The maximum absolute atomic E-state index is 11.4. The van der Waals surface area contributed by atoms with Gasteiger partial charge in [0.2, 0.25) is 0 Å². The van der Waals surface area contributed by atoms with Gasteiger partial charge in [0.15, 0.2) is 0 Å². The van der Waals surface area contributed by atoms with Crippen molar-refractivity contribution in [2.75, 3.05) is 0 Å². The van der Waals surface area contributed by atoms with Gasteiger partial charge >= 0.3 is 5.97 Å². The fourth-order valence-electron chi connectivity index (χ4n) is 2.43. The average molecular weight is 341 g/mol. The predicted molar refractivity (Wildman–Crippen MR) is 99.9 cm³/mol. The normalized spacial score (nSPS) is 12.6. The van der Waals surface area contributed by atoms with E-state index in [2.05, 4.69) is 26.1 Å². The number of nitrogens with one attached hydrogen (secondary N) is 1. The number of ether oxygens (including phenoxy) is 1. The van der Waals surface area contributed by atoms with Crippen molar-refractivity contribution < 1.29 is 14.6 Å². The van der Waals surface area contributed by atoms with Gasteiger partial charge in [-0.1, -0.05) is 51.1 Å². The first kappa shape index (κ1) is 19.0. The summed E-state index contributed by atoms with van der Waals surface area (Å²) in [4.78, 5) is 11.4. The van der Waals surface area contributed by atoms with Crippen molar-refractivity contribution in [2.24, 2.45) is 5.41 Å². The van der Waals surface area contributed by atoms with Crippen molar-refractivity contribution in [3.63, 3.8) is 0 Å². The lowest BCUT2D eigenvalue weighted by atomic mass is 9.88. The fourth-order valence-corrected chi connectivity index (χ4v) is 2.43. The highest BCUT2D eigenvalue weighted by Gasteiger charge is 2.20. The third-order valence-electron chi connectivity index (χ3n) is 3.94. The number of hydrogen-bond acceptors (Lipinski definition) is 3. The molecule has 0 aliphatic carbocycles. The minimum absolute atomic E-state index is 0.131. The van der Waals surface area contributed by atoms with Crippen LogP contribution in [0, 0.1) is 5.41 Å². The van der Waals surface area contributed by atoms with Crippen LogP contribution >= 0.6 is 0 Å². The molecule has 0 saturated carbocycles. The van der Waals surface area contributed by atoms with E-state index in [1.54, 1.807) is 0 Å². The zero-order valence-electron chi connectivity index (χ0n) is 15.2. The van der Waals surface area contributed by atoms with Gasteiger partial charge in [0, 0.05) is 6.54 Å². The number of benzene rings is 2. The van der Waals surface area contributed by atoms with Crippen molar-refractivity contribution in [1.82, 2.24) is 5.32 Å². The van der Waals surface area contributed by atoms with E-state index in [-0.39, 0.29) is 5.41 Å². The van der Waals surface area contributed by atoms with Gasteiger partial charge in [0.05, 0.1) is 0 Å². The molecule has 0 aliphatic heterocycles. The second kappa shape index (κ2) is 8.67. The van der Waals surface area contributed by atoms with Gasteiger partial charge in [-0.3, -0.25) is 4.79 Å². The molecule has 0 heterocycles. The van der Waals surface area contributed by atoms with Crippen LogP contribution in [0.4, 0.5) is 0 Å². The zero-order chi connectivity index (χ0) is 18.3. The van der Waals surface area contributed by atoms with Crippen LogP contribution in [0.3, 0.4) is 0 Å². The van der Waals surface area contributed by atoms with Crippen molar-refractivity contribution in [1.29, 1.82) is 0 Å². The van der Waals surface area contributed by atoms with E-state index in [1.165, 1.54) is 0 Å².